The Labute approximate surface area is 184 Å². The standard InChI is InChI=1S/C21H22ClN5O2S/c1-3-11-23-20(28)18-17(14-9-10-16(29-2)15(22)12-14)26-27-19(24-25-21(27)30-18)13-7-5-4-6-8-13/h4-10,12,17-18,26H,3,11H2,1-2H3,(H,23,28). The van der Waals surface area contributed by atoms with Crippen molar-refractivity contribution in [2.45, 2.75) is 29.8 Å². The number of amides is 1. The van der Waals surface area contributed by atoms with Crippen molar-refractivity contribution in [3.63, 3.8) is 0 Å². The van der Waals surface area contributed by atoms with Crippen molar-refractivity contribution in [1.82, 2.24) is 20.2 Å². The van der Waals surface area contributed by atoms with Crippen molar-refractivity contribution in [1.29, 1.82) is 0 Å². The number of hydrogen-bond acceptors (Lipinski definition) is 6. The van der Waals surface area contributed by atoms with Crippen molar-refractivity contribution in [2.75, 3.05) is 19.1 Å². The van der Waals surface area contributed by atoms with Gasteiger partial charge in [0.15, 0.2) is 5.82 Å². The number of ether oxygens (including phenoxy) is 1. The van der Waals surface area contributed by atoms with Gasteiger partial charge in [0.05, 0.1) is 18.2 Å². The van der Waals surface area contributed by atoms with Crippen molar-refractivity contribution < 1.29 is 9.53 Å². The number of carbonyl (C=O) groups excluding carboxylic acids is 1. The molecule has 9 heteroatoms. The van der Waals surface area contributed by atoms with Gasteiger partial charge in [-0.15, -0.1) is 10.2 Å². The number of hydrogen-bond donors (Lipinski definition) is 2. The molecule has 0 fully saturated rings. The Bertz CT molecular complexity index is 1040. The van der Waals surface area contributed by atoms with E-state index in [1.54, 1.807) is 7.11 Å². The van der Waals surface area contributed by atoms with E-state index in [1.165, 1.54) is 11.8 Å². The minimum absolute atomic E-state index is 0.0539. The molecule has 2 unspecified atom stereocenters. The molecule has 2 atom stereocenters. The number of fused-ring (bicyclic) bond motifs is 1. The molecule has 2 N–H and O–H groups in total. The van der Waals surface area contributed by atoms with Crippen LogP contribution in [0.15, 0.2) is 53.7 Å². The van der Waals surface area contributed by atoms with E-state index in [9.17, 15) is 4.79 Å². The SMILES string of the molecule is CCCNC(=O)C1Sc2nnc(-c3ccccc3)n2NC1c1ccc(OC)c(Cl)c1. The number of halogens is 1. The van der Waals surface area contributed by atoms with Crippen molar-refractivity contribution in [3.8, 4) is 17.1 Å². The maximum Gasteiger partial charge on any atom is 0.236 e. The van der Waals surface area contributed by atoms with Gasteiger partial charge in [-0.25, -0.2) is 4.68 Å². The van der Waals surface area contributed by atoms with E-state index in [0.29, 0.717) is 28.3 Å². The van der Waals surface area contributed by atoms with Crippen LogP contribution in [0.3, 0.4) is 0 Å². The molecule has 0 aliphatic carbocycles. The summed E-state index contributed by atoms with van der Waals surface area (Å²) in [4.78, 5) is 12.9. The minimum atomic E-state index is -0.429. The molecule has 0 radical (unpaired) electrons. The van der Waals surface area contributed by atoms with Crippen LogP contribution in [0.25, 0.3) is 11.4 Å². The lowest BCUT2D eigenvalue weighted by molar-refractivity contribution is -0.120. The fourth-order valence-corrected chi connectivity index (χ4v) is 4.67. The van der Waals surface area contributed by atoms with Crippen LogP contribution >= 0.6 is 23.4 Å². The zero-order chi connectivity index (χ0) is 21.1. The fourth-order valence-electron chi connectivity index (χ4n) is 3.30. The van der Waals surface area contributed by atoms with E-state index < -0.39 is 5.25 Å². The molecule has 4 rings (SSSR count). The summed E-state index contributed by atoms with van der Waals surface area (Å²) in [5.41, 5.74) is 5.26. The highest BCUT2D eigenvalue weighted by Gasteiger charge is 2.38. The van der Waals surface area contributed by atoms with E-state index >= 15 is 0 Å². The Kier molecular flexibility index (Phi) is 6.15. The largest absolute Gasteiger partial charge is 0.495 e. The van der Waals surface area contributed by atoms with Gasteiger partial charge in [-0.1, -0.05) is 66.7 Å². The average molecular weight is 444 g/mol. The number of benzene rings is 2. The first-order valence-electron chi connectivity index (χ1n) is 9.67. The first-order valence-corrected chi connectivity index (χ1v) is 10.9. The van der Waals surface area contributed by atoms with Gasteiger partial charge < -0.3 is 15.5 Å². The summed E-state index contributed by atoms with van der Waals surface area (Å²) in [6.45, 7) is 2.64. The minimum Gasteiger partial charge on any atom is -0.495 e. The lowest BCUT2D eigenvalue weighted by Crippen LogP contribution is -2.44. The maximum atomic E-state index is 12.9. The van der Waals surface area contributed by atoms with Gasteiger partial charge in [0, 0.05) is 12.1 Å². The van der Waals surface area contributed by atoms with Crippen LogP contribution in [0.2, 0.25) is 5.02 Å². The summed E-state index contributed by atoms with van der Waals surface area (Å²) in [5, 5.41) is 12.4. The van der Waals surface area contributed by atoms with Gasteiger partial charge in [-0.3, -0.25) is 4.79 Å². The summed E-state index contributed by atoms with van der Waals surface area (Å²) in [7, 11) is 1.58. The third-order valence-corrected chi connectivity index (χ3v) is 6.32. The number of carbonyl (C=O) groups is 1. The van der Waals surface area contributed by atoms with Crippen LogP contribution in [0.4, 0.5) is 0 Å². The summed E-state index contributed by atoms with van der Waals surface area (Å²) in [5.74, 6) is 1.22. The molecule has 2 aromatic carbocycles. The topological polar surface area (TPSA) is 81.1 Å². The Morgan fingerprint density at radius 3 is 2.77 bits per heavy atom. The van der Waals surface area contributed by atoms with Gasteiger partial charge >= 0.3 is 0 Å². The van der Waals surface area contributed by atoms with E-state index in [1.807, 2.05) is 60.1 Å². The van der Waals surface area contributed by atoms with Crippen LogP contribution in [-0.2, 0) is 4.79 Å². The quantitative estimate of drug-likeness (QED) is 0.601. The Morgan fingerprint density at radius 2 is 2.07 bits per heavy atom. The Balaban J connectivity index is 1.73. The van der Waals surface area contributed by atoms with E-state index in [2.05, 4.69) is 20.9 Å². The van der Waals surface area contributed by atoms with Crippen LogP contribution < -0.4 is 15.5 Å². The zero-order valence-electron chi connectivity index (χ0n) is 16.6. The third kappa shape index (κ3) is 3.97. The second-order valence-corrected chi connectivity index (χ2v) is 8.35. The number of nitrogens with one attached hydrogen (secondary N) is 2. The monoisotopic (exact) mass is 443 g/mol. The van der Waals surface area contributed by atoms with Crippen molar-refractivity contribution >= 4 is 29.3 Å². The van der Waals surface area contributed by atoms with Crippen molar-refractivity contribution in [2.24, 2.45) is 0 Å². The second kappa shape index (κ2) is 8.97. The molecular formula is C21H22ClN5O2S. The Morgan fingerprint density at radius 1 is 1.27 bits per heavy atom. The molecule has 2 heterocycles. The van der Waals surface area contributed by atoms with Gasteiger partial charge in [0.25, 0.3) is 0 Å². The van der Waals surface area contributed by atoms with E-state index in [-0.39, 0.29) is 11.9 Å². The molecule has 0 saturated heterocycles. The zero-order valence-corrected chi connectivity index (χ0v) is 18.2. The molecule has 1 aromatic heterocycles. The molecule has 1 aliphatic heterocycles. The number of aromatic nitrogens is 3. The predicted molar refractivity (Wildman–Crippen MR) is 119 cm³/mol. The highest BCUT2D eigenvalue weighted by molar-refractivity contribution is 8.00. The summed E-state index contributed by atoms with van der Waals surface area (Å²) in [6.07, 6.45) is 0.865. The molecule has 1 aliphatic rings. The second-order valence-electron chi connectivity index (χ2n) is 6.84. The summed E-state index contributed by atoms with van der Waals surface area (Å²) < 4.78 is 7.11. The van der Waals surface area contributed by atoms with Crippen LogP contribution in [-0.4, -0.2) is 39.7 Å². The molecule has 3 aromatic rings. The maximum absolute atomic E-state index is 12.9. The molecule has 0 saturated carbocycles. The lowest BCUT2D eigenvalue weighted by Gasteiger charge is -2.33. The van der Waals surface area contributed by atoms with Crippen molar-refractivity contribution in [3.05, 3.63) is 59.1 Å². The number of nitrogens with zero attached hydrogens (tertiary/aromatic N) is 3. The van der Waals surface area contributed by atoms with Gasteiger partial charge in [-0.2, -0.15) is 0 Å². The highest BCUT2D eigenvalue weighted by Crippen LogP contribution is 2.40. The average Bonchev–Trinajstić information content (AvgIpc) is 3.20. The van der Waals surface area contributed by atoms with E-state index in [0.717, 1.165) is 17.5 Å². The molecule has 30 heavy (non-hydrogen) atoms. The fraction of sp³-hybridized carbons (Fsp3) is 0.286. The Hall–Kier alpha value is -2.71. The first-order chi connectivity index (χ1) is 14.6. The number of thioether (sulfide) groups is 1. The smallest absolute Gasteiger partial charge is 0.236 e. The molecule has 1 amide bonds. The molecule has 0 spiro atoms. The van der Waals surface area contributed by atoms with Crippen LogP contribution in [0.1, 0.15) is 24.9 Å². The van der Waals surface area contributed by atoms with Crippen LogP contribution in [0.5, 0.6) is 5.75 Å². The number of methoxy groups -OCH3 is 1. The first kappa shape index (κ1) is 20.6. The lowest BCUT2D eigenvalue weighted by atomic mass is 10.0. The summed E-state index contributed by atoms with van der Waals surface area (Å²) >= 11 is 7.76. The van der Waals surface area contributed by atoms with Gasteiger partial charge in [-0.05, 0) is 24.1 Å². The molecule has 156 valence electrons. The summed E-state index contributed by atoms with van der Waals surface area (Å²) in [6, 6.07) is 15.0. The number of rotatable bonds is 6. The predicted octanol–water partition coefficient (Wildman–Crippen LogP) is 3.89. The van der Waals surface area contributed by atoms with Crippen LogP contribution in [0, 0.1) is 0 Å². The van der Waals surface area contributed by atoms with Gasteiger partial charge in [0.1, 0.15) is 11.0 Å². The highest BCUT2D eigenvalue weighted by atomic mass is 35.5. The van der Waals surface area contributed by atoms with E-state index in [4.69, 9.17) is 16.3 Å². The molecular weight excluding hydrogens is 422 g/mol. The molecule has 0 bridgehead atoms. The normalized spacial score (nSPS) is 17.7. The molecule has 7 nitrogen and oxygen atoms in total. The third-order valence-electron chi connectivity index (χ3n) is 4.81. The van der Waals surface area contributed by atoms with Gasteiger partial charge in [0.2, 0.25) is 11.1 Å².